The van der Waals surface area contributed by atoms with E-state index in [0.29, 0.717) is 23.7 Å². The number of hydrogen-bond acceptors (Lipinski definition) is 6. The molecule has 1 amide bonds. The Morgan fingerprint density at radius 2 is 2.29 bits per heavy atom. The molecule has 1 heterocycles. The molecule has 5 nitrogen and oxygen atoms in total. The maximum Gasteiger partial charge on any atom is 0.263 e. The predicted octanol–water partition coefficient (Wildman–Crippen LogP) is 2.64. The molecule has 7 heteroatoms. The van der Waals surface area contributed by atoms with E-state index in [-0.39, 0.29) is 5.91 Å². The van der Waals surface area contributed by atoms with Crippen molar-refractivity contribution in [2.24, 2.45) is 5.92 Å². The van der Waals surface area contributed by atoms with Crippen molar-refractivity contribution in [1.82, 2.24) is 5.32 Å². The highest BCUT2D eigenvalue weighted by Gasteiger charge is 2.21. The molecule has 0 radical (unpaired) electrons. The Labute approximate surface area is 134 Å². The second-order valence-corrected chi connectivity index (χ2v) is 6.85. The van der Waals surface area contributed by atoms with E-state index in [1.54, 1.807) is 11.8 Å². The average molecular weight is 329 g/mol. The molecule has 4 N–H and O–H groups in total. The summed E-state index contributed by atoms with van der Waals surface area (Å²) >= 11 is 2.97. The number of anilines is 2. The van der Waals surface area contributed by atoms with Crippen LogP contribution in [0.4, 0.5) is 10.7 Å². The van der Waals surface area contributed by atoms with Crippen molar-refractivity contribution in [3.05, 3.63) is 4.88 Å². The van der Waals surface area contributed by atoms with Crippen LogP contribution in [0, 0.1) is 5.92 Å². The summed E-state index contributed by atoms with van der Waals surface area (Å²) in [5.74, 6) is 0.682. The van der Waals surface area contributed by atoms with Crippen LogP contribution >= 0.6 is 23.1 Å². The molecule has 0 bridgehead atoms. The van der Waals surface area contributed by atoms with E-state index < -0.39 is 0 Å². The lowest BCUT2D eigenvalue weighted by molar-refractivity contribution is 0.0960. The number of amides is 1. The fraction of sp³-hybridized carbons (Fsp3) is 0.643. The Bertz CT molecular complexity index is 487. The van der Waals surface area contributed by atoms with E-state index in [1.165, 1.54) is 24.2 Å². The van der Waals surface area contributed by atoms with Crippen LogP contribution in [0.5, 0.6) is 0 Å². The zero-order chi connectivity index (χ0) is 15.2. The first-order valence-corrected chi connectivity index (χ1v) is 9.27. The van der Waals surface area contributed by atoms with Gasteiger partial charge in [0.15, 0.2) is 0 Å². The van der Waals surface area contributed by atoms with Gasteiger partial charge in [0.05, 0.1) is 17.2 Å². The molecule has 1 fully saturated rings. The fourth-order valence-electron chi connectivity index (χ4n) is 1.93. The maximum atomic E-state index is 12.0. The van der Waals surface area contributed by atoms with Crippen molar-refractivity contribution in [2.75, 3.05) is 43.6 Å². The van der Waals surface area contributed by atoms with Crippen molar-refractivity contribution in [1.29, 1.82) is 0 Å². The summed E-state index contributed by atoms with van der Waals surface area (Å²) in [5, 5.41) is 7.08. The number of carbonyl (C=O) groups excluding carboxylic acids is 1. The molecule has 1 aliphatic carbocycles. The van der Waals surface area contributed by atoms with E-state index >= 15 is 0 Å². The van der Waals surface area contributed by atoms with Crippen LogP contribution in [-0.4, -0.2) is 38.5 Å². The number of carbonyl (C=O) groups is 1. The SMILES string of the molecule is CCNC(=O)c1sc(NCCOCC2CC2)c(SC)c1N. The Morgan fingerprint density at radius 1 is 1.52 bits per heavy atom. The Morgan fingerprint density at radius 3 is 2.90 bits per heavy atom. The number of hydrogen-bond donors (Lipinski definition) is 3. The topological polar surface area (TPSA) is 76.4 Å². The number of nitrogens with one attached hydrogen (secondary N) is 2. The van der Waals surface area contributed by atoms with E-state index in [1.807, 2.05) is 13.2 Å². The molecular weight excluding hydrogens is 306 g/mol. The van der Waals surface area contributed by atoms with Crippen LogP contribution in [-0.2, 0) is 4.74 Å². The molecule has 118 valence electrons. The number of ether oxygens (including phenoxy) is 1. The van der Waals surface area contributed by atoms with Crippen molar-refractivity contribution >= 4 is 39.7 Å². The highest BCUT2D eigenvalue weighted by molar-refractivity contribution is 7.99. The first-order chi connectivity index (χ1) is 10.2. The van der Waals surface area contributed by atoms with Crippen LogP contribution in [0.1, 0.15) is 29.4 Å². The summed E-state index contributed by atoms with van der Waals surface area (Å²) in [6, 6.07) is 0. The Balaban J connectivity index is 1.90. The third-order valence-electron chi connectivity index (χ3n) is 3.23. The van der Waals surface area contributed by atoms with Crippen molar-refractivity contribution in [3.63, 3.8) is 0 Å². The number of nitrogen functional groups attached to an aromatic ring is 1. The normalized spacial score (nSPS) is 14.2. The lowest BCUT2D eigenvalue weighted by Crippen LogP contribution is -2.22. The third kappa shape index (κ3) is 4.52. The van der Waals surface area contributed by atoms with E-state index in [2.05, 4.69) is 10.6 Å². The van der Waals surface area contributed by atoms with Gasteiger partial charge in [0, 0.05) is 19.7 Å². The molecule has 0 aromatic carbocycles. The molecule has 0 atom stereocenters. The van der Waals surface area contributed by atoms with Gasteiger partial charge in [-0.1, -0.05) is 0 Å². The van der Waals surface area contributed by atoms with Crippen LogP contribution < -0.4 is 16.4 Å². The molecule has 0 unspecified atom stereocenters. The highest BCUT2D eigenvalue weighted by Crippen LogP contribution is 2.41. The largest absolute Gasteiger partial charge is 0.396 e. The van der Waals surface area contributed by atoms with Gasteiger partial charge in [-0.25, -0.2) is 0 Å². The number of thiophene rings is 1. The van der Waals surface area contributed by atoms with Gasteiger partial charge in [-0.2, -0.15) is 0 Å². The highest BCUT2D eigenvalue weighted by atomic mass is 32.2. The molecule has 1 saturated carbocycles. The summed E-state index contributed by atoms with van der Waals surface area (Å²) < 4.78 is 5.60. The van der Waals surface area contributed by atoms with Gasteiger partial charge < -0.3 is 21.1 Å². The minimum Gasteiger partial charge on any atom is -0.396 e. The summed E-state index contributed by atoms with van der Waals surface area (Å²) in [6.07, 6.45) is 4.58. The number of thioether (sulfide) groups is 1. The minimum atomic E-state index is -0.103. The molecule has 1 aromatic heterocycles. The fourth-order valence-corrected chi connectivity index (χ4v) is 3.91. The predicted molar refractivity (Wildman–Crippen MR) is 90.6 cm³/mol. The Hall–Kier alpha value is -0.920. The number of nitrogens with two attached hydrogens (primary N) is 1. The van der Waals surface area contributed by atoms with Crippen molar-refractivity contribution < 1.29 is 9.53 Å². The lowest BCUT2D eigenvalue weighted by Gasteiger charge is -2.06. The monoisotopic (exact) mass is 329 g/mol. The zero-order valence-electron chi connectivity index (χ0n) is 12.5. The molecule has 1 aliphatic rings. The quantitative estimate of drug-likeness (QED) is 0.480. The maximum absolute atomic E-state index is 12.0. The summed E-state index contributed by atoms with van der Waals surface area (Å²) in [4.78, 5) is 13.5. The third-order valence-corrected chi connectivity index (χ3v) is 5.35. The van der Waals surface area contributed by atoms with E-state index in [0.717, 1.165) is 29.0 Å². The van der Waals surface area contributed by atoms with Gasteiger partial charge in [-0.15, -0.1) is 23.1 Å². The first-order valence-electron chi connectivity index (χ1n) is 7.23. The van der Waals surface area contributed by atoms with Gasteiger partial charge >= 0.3 is 0 Å². The van der Waals surface area contributed by atoms with Gasteiger partial charge in [0.25, 0.3) is 5.91 Å². The second kappa shape index (κ2) is 7.91. The molecule has 0 spiro atoms. The first kappa shape index (κ1) is 16.5. The zero-order valence-corrected chi connectivity index (χ0v) is 14.2. The van der Waals surface area contributed by atoms with Gasteiger partial charge in [-0.05, 0) is 31.9 Å². The van der Waals surface area contributed by atoms with Crippen LogP contribution in [0.3, 0.4) is 0 Å². The summed E-state index contributed by atoms with van der Waals surface area (Å²) in [5.41, 5.74) is 6.65. The van der Waals surface area contributed by atoms with Crippen molar-refractivity contribution in [2.45, 2.75) is 24.7 Å². The van der Waals surface area contributed by atoms with Gasteiger partial charge in [0.1, 0.15) is 9.88 Å². The molecule has 2 rings (SSSR count). The molecule has 1 aromatic rings. The van der Waals surface area contributed by atoms with E-state index in [9.17, 15) is 4.79 Å². The molecule has 0 saturated heterocycles. The van der Waals surface area contributed by atoms with Crippen LogP contribution in [0.2, 0.25) is 0 Å². The number of rotatable bonds is 9. The van der Waals surface area contributed by atoms with E-state index in [4.69, 9.17) is 10.5 Å². The summed E-state index contributed by atoms with van der Waals surface area (Å²) in [6.45, 7) is 4.78. The van der Waals surface area contributed by atoms with Crippen LogP contribution in [0.25, 0.3) is 0 Å². The second-order valence-electron chi connectivity index (χ2n) is 5.01. The molecule has 21 heavy (non-hydrogen) atoms. The van der Waals surface area contributed by atoms with Gasteiger partial charge in [-0.3, -0.25) is 4.79 Å². The van der Waals surface area contributed by atoms with Crippen LogP contribution in [0.15, 0.2) is 4.90 Å². The minimum absolute atomic E-state index is 0.103. The van der Waals surface area contributed by atoms with Crippen molar-refractivity contribution in [3.8, 4) is 0 Å². The van der Waals surface area contributed by atoms with Gasteiger partial charge in [0.2, 0.25) is 0 Å². The smallest absolute Gasteiger partial charge is 0.263 e. The lowest BCUT2D eigenvalue weighted by atomic mass is 10.3. The molecular formula is C14H23N3O2S2. The average Bonchev–Trinajstić information content (AvgIpc) is 3.22. The molecule has 0 aliphatic heterocycles. The standard InChI is InChI=1S/C14H23N3O2S2/c1-3-16-13(18)11-10(15)12(20-2)14(21-11)17-6-7-19-8-9-4-5-9/h9,17H,3-8,15H2,1-2H3,(H,16,18). The summed E-state index contributed by atoms with van der Waals surface area (Å²) in [7, 11) is 0. The Kier molecular flexibility index (Phi) is 6.20.